The molecule has 1 unspecified atom stereocenters. The van der Waals surface area contributed by atoms with Crippen molar-refractivity contribution >= 4 is 0 Å². The van der Waals surface area contributed by atoms with Crippen molar-refractivity contribution in [3.8, 4) is 5.75 Å². The van der Waals surface area contributed by atoms with Crippen molar-refractivity contribution in [3.63, 3.8) is 0 Å². The molecule has 2 rings (SSSR count). The van der Waals surface area contributed by atoms with Crippen molar-refractivity contribution < 1.29 is 9.13 Å². The van der Waals surface area contributed by atoms with Crippen LogP contribution in [0.4, 0.5) is 4.39 Å². The first-order chi connectivity index (χ1) is 8.76. The van der Waals surface area contributed by atoms with E-state index in [4.69, 9.17) is 10.6 Å². The van der Waals surface area contributed by atoms with E-state index in [1.54, 1.807) is 24.5 Å². The fraction of sp³-hybridized carbons (Fsp3) is 0.167. The third-order valence-electron chi connectivity index (χ3n) is 2.59. The van der Waals surface area contributed by atoms with Crippen molar-refractivity contribution in [1.29, 1.82) is 0 Å². The molecule has 0 saturated heterocycles. The third kappa shape index (κ3) is 2.44. The molecule has 5 nitrogen and oxygen atoms in total. The second-order valence-electron chi connectivity index (χ2n) is 3.67. The molecule has 94 valence electrons. The van der Waals surface area contributed by atoms with Crippen LogP contribution >= 0.6 is 0 Å². The summed E-state index contributed by atoms with van der Waals surface area (Å²) in [5.74, 6) is 5.28. The lowest BCUT2D eigenvalue weighted by molar-refractivity contribution is 0.385. The van der Waals surface area contributed by atoms with Crippen LogP contribution in [0, 0.1) is 5.82 Å². The summed E-state index contributed by atoms with van der Waals surface area (Å²) in [7, 11) is 1.42. The van der Waals surface area contributed by atoms with Crippen LogP contribution in [0.3, 0.4) is 0 Å². The van der Waals surface area contributed by atoms with Gasteiger partial charge >= 0.3 is 0 Å². The molecule has 3 N–H and O–H groups in total. The molecule has 0 saturated carbocycles. The van der Waals surface area contributed by atoms with Gasteiger partial charge in [-0.25, -0.2) is 19.8 Å². The molecule has 6 heteroatoms. The van der Waals surface area contributed by atoms with Gasteiger partial charge in [0.15, 0.2) is 11.6 Å². The Bertz CT molecular complexity index is 521. The Balaban J connectivity index is 2.39. The van der Waals surface area contributed by atoms with Crippen LogP contribution in [-0.4, -0.2) is 17.1 Å². The highest BCUT2D eigenvalue weighted by molar-refractivity contribution is 5.36. The van der Waals surface area contributed by atoms with E-state index in [1.807, 2.05) is 0 Å². The molecule has 0 amide bonds. The average Bonchev–Trinajstić information content (AvgIpc) is 2.42. The standard InChI is InChI=1S/C12H13FN4O/c1-18-11-4-8(2-3-10(11)13)12(17-14)9-5-15-7-16-6-9/h2-7,12,17H,14H2,1H3. The molecule has 1 heterocycles. The molecule has 0 aliphatic heterocycles. The smallest absolute Gasteiger partial charge is 0.165 e. The van der Waals surface area contributed by atoms with Crippen LogP contribution in [-0.2, 0) is 0 Å². The average molecular weight is 248 g/mol. The molecule has 0 bridgehead atoms. The lowest BCUT2D eigenvalue weighted by Gasteiger charge is -2.16. The number of nitrogens with one attached hydrogen (secondary N) is 1. The lowest BCUT2D eigenvalue weighted by atomic mass is 10.0. The molecule has 2 aromatic rings. The summed E-state index contributed by atoms with van der Waals surface area (Å²) in [6, 6.07) is 4.24. The minimum Gasteiger partial charge on any atom is -0.494 e. The maximum Gasteiger partial charge on any atom is 0.165 e. The van der Waals surface area contributed by atoms with E-state index >= 15 is 0 Å². The van der Waals surface area contributed by atoms with Crippen molar-refractivity contribution in [2.24, 2.45) is 5.84 Å². The van der Waals surface area contributed by atoms with E-state index in [0.29, 0.717) is 0 Å². The Labute approximate surface area is 104 Å². The SMILES string of the molecule is COc1cc(C(NN)c2cncnc2)ccc1F. The van der Waals surface area contributed by atoms with Crippen LogP contribution in [0.2, 0.25) is 0 Å². The van der Waals surface area contributed by atoms with Crippen LogP contribution in [0.1, 0.15) is 17.2 Å². The molecular formula is C12H13FN4O. The Morgan fingerprint density at radius 2 is 2.00 bits per heavy atom. The van der Waals surface area contributed by atoms with Crippen molar-refractivity contribution in [1.82, 2.24) is 15.4 Å². The minimum absolute atomic E-state index is 0.171. The van der Waals surface area contributed by atoms with Crippen molar-refractivity contribution in [2.45, 2.75) is 6.04 Å². The number of ether oxygens (including phenoxy) is 1. The molecule has 1 aromatic heterocycles. The van der Waals surface area contributed by atoms with E-state index in [-0.39, 0.29) is 11.8 Å². The van der Waals surface area contributed by atoms with Gasteiger partial charge in [0.1, 0.15) is 6.33 Å². The molecule has 18 heavy (non-hydrogen) atoms. The number of nitrogens with two attached hydrogens (primary N) is 1. The summed E-state index contributed by atoms with van der Waals surface area (Å²) in [4.78, 5) is 7.85. The lowest BCUT2D eigenvalue weighted by Crippen LogP contribution is -2.29. The molecule has 1 atom stereocenters. The summed E-state index contributed by atoms with van der Waals surface area (Å²) in [5, 5.41) is 0. The van der Waals surface area contributed by atoms with Gasteiger partial charge < -0.3 is 4.74 Å². The molecule has 0 aliphatic rings. The van der Waals surface area contributed by atoms with E-state index in [9.17, 15) is 4.39 Å². The van der Waals surface area contributed by atoms with E-state index in [1.165, 1.54) is 19.5 Å². The number of nitrogens with zero attached hydrogens (tertiary/aromatic N) is 2. The second kappa shape index (κ2) is 5.52. The number of hydrogen-bond acceptors (Lipinski definition) is 5. The summed E-state index contributed by atoms with van der Waals surface area (Å²) in [6.07, 6.45) is 4.73. The summed E-state index contributed by atoms with van der Waals surface area (Å²) < 4.78 is 18.3. The second-order valence-corrected chi connectivity index (χ2v) is 3.67. The first kappa shape index (κ1) is 12.4. The highest BCUT2D eigenvalue weighted by Crippen LogP contribution is 2.25. The van der Waals surface area contributed by atoms with Crippen LogP contribution < -0.4 is 16.0 Å². The van der Waals surface area contributed by atoms with Crippen LogP contribution in [0.25, 0.3) is 0 Å². The number of hydrogen-bond donors (Lipinski definition) is 2. The highest BCUT2D eigenvalue weighted by atomic mass is 19.1. The maximum atomic E-state index is 13.3. The molecule has 0 fully saturated rings. The first-order valence-electron chi connectivity index (χ1n) is 5.30. The monoisotopic (exact) mass is 248 g/mol. The highest BCUT2D eigenvalue weighted by Gasteiger charge is 2.15. The largest absolute Gasteiger partial charge is 0.494 e. The Morgan fingerprint density at radius 1 is 1.28 bits per heavy atom. The van der Waals surface area contributed by atoms with Gasteiger partial charge in [0.05, 0.1) is 13.2 Å². The van der Waals surface area contributed by atoms with E-state index < -0.39 is 5.82 Å². The quantitative estimate of drug-likeness (QED) is 0.628. The van der Waals surface area contributed by atoms with Gasteiger partial charge in [0.25, 0.3) is 0 Å². The fourth-order valence-electron chi connectivity index (χ4n) is 1.70. The van der Waals surface area contributed by atoms with Gasteiger partial charge in [-0.05, 0) is 17.7 Å². The van der Waals surface area contributed by atoms with Gasteiger partial charge in [-0.2, -0.15) is 0 Å². The number of aromatic nitrogens is 2. The van der Waals surface area contributed by atoms with Gasteiger partial charge in [0, 0.05) is 18.0 Å². The van der Waals surface area contributed by atoms with Crippen molar-refractivity contribution in [3.05, 3.63) is 53.9 Å². The third-order valence-corrected chi connectivity index (χ3v) is 2.59. The zero-order chi connectivity index (χ0) is 13.0. The molecule has 1 aromatic carbocycles. The zero-order valence-corrected chi connectivity index (χ0v) is 9.80. The number of benzene rings is 1. The summed E-state index contributed by atoms with van der Waals surface area (Å²) in [5.41, 5.74) is 4.20. The predicted molar refractivity (Wildman–Crippen MR) is 64.2 cm³/mol. The number of halogens is 1. The van der Waals surface area contributed by atoms with Gasteiger partial charge in [0.2, 0.25) is 0 Å². The van der Waals surface area contributed by atoms with Crippen molar-refractivity contribution in [2.75, 3.05) is 7.11 Å². The number of hydrazine groups is 1. The number of rotatable bonds is 4. The van der Waals surface area contributed by atoms with Crippen LogP contribution in [0.15, 0.2) is 36.9 Å². The topological polar surface area (TPSA) is 73.1 Å². The Morgan fingerprint density at radius 3 is 2.61 bits per heavy atom. The molecule has 0 spiro atoms. The summed E-state index contributed by atoms with van der Waals surface area (Å²) in [6.45, 7) is 0. The minimum atomic E-state index is -0.415. The zero-order valence-electron chi connectivity index (χ0n) is 9.80. The fourth-order valence-corrected chi connectivity index (χ4v) is 1.70. The first-order valence-corrected chi connectivity index (χ1v) is 5.30. The van der Waals surface area contributed by atoms with Gasteiger partial charge in [-0.15, -0.1) is 0 Å². The number of methoxy groups -OCH3 is 1. The van der Waals surface area contributed by atoms with Gasteiger partial charge in [-0.3, -0.25) is 5.84 Å². The van der Waals surface area contributed by atoms with E-state index in [0.717, 1.165) is 11.1 Å². The van der Waals surface area contributed by atoms with Gasteiger partial charge in [-0.1, -0.05) is 6.07 Å². The Kier molecular flexibility index (Phi) is 3.81. The maximum absolute atomic E-state index is 13.3. The predicted octanol–water partition coefficient (Wildman–Crippen LogP) is 1.18. The normalized spacial score (nSPS) is 12.2. The molecular weight excluding hydrogens is 235 g/mol. The Hall–Kier alpha value is -2.05. The molecule has 0 aliphatic carbocycles. The molecule has 0 radical (unpaired) electrons. The van der Waals surface area contributed by atoms with E-state index in [2.05, 4.69) is 15.4 Å². The summed E-state index contributed by atoms with van der Waals surface area (Å²) >= 11 is 0. The van der Waals surface area contributed by atoms with Crippen LogP contribution in [0.5, 0.6) is 5.75 Å².